The second-order valence-corrected chi connectivity index (χ2v) is 4.75. The minimum Gasteiger partial charge on any atom is -0.494 e. The predicted octanol–water partition coefficient (Wildman–Crippen LogP) is 3.12. The normalized spacial score (nSPS) is 10.3. The molecule has 1 heterocycles. The van der Waals surface area contributed by atoms with Crippen LogP contribution in [0.4, 0.5) is 4.39 Å². The molecule has 0 N–H and O–H groups in total. The second-order valence-electron chi connectivity index (χ2n) is 2.72. The lowest BCUT2D eigenvalue weighted by Crippen LogP contribution is -1.89. The molecular weight excluding hydrogens is 283 g/mol. The highest BCUT2D eigenvalue weighted by molar-refractivity contribution is 9.11. The van der Waals surface area contributed by atoms with E-state index in [-0.39, 0.29) is 5.75 Å². The van der Waals surface area contributed by atoms with Crippen molar-refractivity contribution in [3.63, 3.8) is 0 Å². The highest BCUT2D eigenvalue weighted by atomic mass is 79.9. The van der Waals surface area contributed by atoms with Crippen molar-refractivity contribution < 1.29 is 9.13 Å². The topological polar surface area (TPSA) is 35.0 Å². The average molecular weight is 289 g/mol. The van der Waals surface area contributed by atoms with Crippen LogP contribution in [0.2, 0.25) is 0 Å². The van der Waals surface area contributed by atoms with Crippen LogP contribution in [-0.2, 0) is 0 Å². The number of benzene rings is 1. The average Bonchev–Trinajstić information content (AvgIpc) is 2.66. The van der Waals surface area contributed by atoms with E-state index >= 15 is 0 Å². The van der Waals surface area contributed by atoms with Gasteiger partial charge in [0.25, 0.3) is 0 Å². The maximum atomic E-state index is 13.1. The van der Waals surface area contributed by atoms with Crippen LogP contribution in [0.5, 0.6) is 5.75 Å². The van der Waals surface area contributed by atoms with Crippen molar-refractivity contribution in [2.24, 2.45) is 0 Å². The number of ether oxygens (including phenoxy) is 1. The van der Waals surface area contributed by atoms with Gasteiger partial charge in [-0.1, -0.05) is 0 Å². The molecule has 15 heavy (non-hydrogen) atoms. The molecule has 1 aromatic carbocycles. The van der Waals surface area contributed by atoms with Gasteiger partial charge >= 0.3 is 0 Å². The largest absolute Gasteiger partial charge is 0.494 e. The van der Waals surface area contributed by atoms with E-state index in [9.17, 15) is 4.39 Å². The first-order chi connectivity index (χ1) is 7.20. The van der Waals surface area contributed by atoms with Crippen LogP contribution < -0.4 is 4.74 Å². The summed E-state index contributed by atoms with van der Waals surface area (Å²) in [5, 5.41) is 0. The standard InChI is InChI=1S/C9H6BrFN2OS/c1-14-7-4-5(2-3-6(7)11)8-12-9(10)15-13-8/h2-4H,1H3. The lowest BCUT2D eigenvalue weighted by molar-refractivity contribution is 0.387. The molecule has 0 aliphatic heterocycles. The zero-order valence-corrected chi connectivity index (χ0v) is 10.1. The molecule has 1 aromatic heterocycles. The predicted molar refractivity (Wildman–Crippen MR) is 59.6 cm³/mol. The minimum atomic E-state index is -0.393. The van der Waals surface area contributed by atoms with Crippen LogP contribution in [0.15, 0.2) is 22.1 Å². The van der Waals surface area contributed by atoms with E-state index in [1.807, 2.05) is 0 Å². The summed E-state index contributed by atoms with van der Waals surface area (Å²) >= 11 is 4.46. The molecule has 0 spiro atoms. The van der Waals surface area contributed by atoms with Crippen LogP contribution in [0.3, 0.4) is 0 Å². The first kappa shape index (κ1) is 10.5. The monoisotopic (exact) mass is 288 g/mol. The van der Waals surface area contributed by atoms with Crippen molar-refractivity contribution >= 4 is 27.5 Å². The Morgan fingerprint density at radius 1 is 1.47 bits per heavy atom. The van der Waals surface area contributed by atoms with Crippen molar-refractivity contribution in [1.29, 1.82) is 0 Å². The van der Waals surface area contributed by atoms with Gasteiger partial charge in [-0.15, -0.1) is 0 Å². The van der Waals surface area contributed by atoms with Gasteiger partial charge in [-0.3, -0.25) is 0 Å². The quantitative estimate of drug-likeness (QED) is 0.852. The van der Waals surface area contributed by atoms with Gasteiger partial charge in [0.15, 0.2) is 21.3 Å². The van der Waals surface area contributed by atoms with Crippen molar-refractivity contribution in [2.75, 3.05) is 7.11 Å². The van der Waals surface area contributed by atoms with E-state index in [0.717, 1.165) is 5.56 Å². The Morgan fingerprint density at radius 2 is 2.27 bits per heavy atom. The number of hydrogen-bond acceptors (Lipinski definition) is 4. The van der Waals surface area contributed by atoms with Crippen LogP contribution >= 0.6 is 27.5 Å². The van der Waals surface area contributed by atoms with Crippen molar-refractivity contribution in [3.8, 4) is 17.1 Å². The van der Waals surface area contributed by atoms with Crippen LogP contribution in [-0.4, -0.2) is 16.5 Å². The molecule has 0 aliphatic carbocycles. The van der Waals surface area contributed by atoms with Gasteiger partial charge in [-0.2, -0.15) is 4.37 Å². The molecule has 0 amide bonds. The summed E-state index contributed by atoms with van der Waals surface area (Å²) in [4.78, 5) is 4.13. The number of aromatic nitrogens is 2. The van der Waals surface area contributed by atoms with E-state index in [0.29, 0.717) is 9.74 Å². The van der Waals surface area contributed by atoms with Gasteiger partial charge < -0.3 is 4.74 Å². The van der Waals surface area contributed by atoms with Gasteiger partial charge in [0.05, 0.1) is 7.11 Å². The number of methoxy groups -OCH3 is 1. The van der Waals surface area contributed by atoms with E-state index in [4.69, 9.17) is 4.74 Å². The lowest BCUT2D eigenvalue weighted by atomic mass is 10.2. The number of nitrogens with zero attached hydrogens (tertiary/aromatic N) is 2. The first-order valence-electron chi connectivity index (χ1n) is 4.04. The zero-order chi connectivity index (χ0) is 10.8. The highest BCUT2D eigenvalue weighted by Gasteiger charge is 2.08. The van der Waals surface area contributed by atoms with Crippen molar-refractivity contribution in [2.45, 2.75) is 0 Å². The van der Waals surface area contributed by atoms with E-state index < -0.39 is 5.82 Å². The summed E-state index contributed by atoms with van der Waals surface area (Å²) in [6, 6.07) is 4.53. The fourth-order valence-corrected chi connectivity index (χ4v) is 1.94. The molecule has 0 saturated heterocycles. The third-order valence-electron chi connectivity index (χ3n) is 1.81. The number of rotatable bonds is 2. The summed E-state index contributed by atoms with van der Waals surface area (Å²) < 4.78 is 22.8. The molecule has 0 radical (unpaired) electrons. The van der Waals surface area contributed by atoms with Crippen LogP contribution in [0.25, 0.3) is 11.4 Å². The summed E-state index contributed by atoms with van der Waals surface area (Å²) in [5.74, 6) is 0.360. The van der Waals surface area contributed by atoms with Gasteiger partial charge in [-0.05, 0) is 45.7 Å². The summed E-state index contributed by atoms with van der Waals surface area (Å²) in [6.45, 7) is 0. The van der Waals surface area contributed by atoms with Gasteiger partial charge in [0.1, 0.15) is 0 Å². The SMILES string of the molecule is COc1cc(-c2nsc(Br)n2)ccc1F. The third kappa shape index (κ3) is 2.15. The number of hydrogen-bond donors (Lipinski definition) is 0. The van der Waals surface area contributed by atoms with Gasteiger partial charge in [0, 0.05) is 5.56 Å². The highest BCUT2D eigenvalue weighted by Crippen LogP contribution is 2.26. The molecule has 2 aromatic rings. The summed E-state index contributed by atoms with van der Waals surface area (Å²) in [7, 11) is 1.42. The molecule has 0 aliphatic rings. The lowest BCUT2D eigenvalue weighted by Gasteiger charge is -2.02. The Balaban J connectivity index is 2.45. The Kier molecular flexibility index (Phi) is 2.97. The van der Waals surface area contributed by atoms with E-state index in [2.05, 4.69) is 25.3 Å². The summed E-state index contributed by atoms with van der Waals surface area (Å²) in [6.07, 6.45) is 0. The minimum absolute atomic E-state index is 0.193. The molecule has 6 heteroatoms. The maximum absolute atomic E-state index is 13.1. The zero-order valence-electron chi connectivity index (χ0n) is 7.70. The molecule has 3 nitrogen and oxygen atoms in total. The van der Waals surface area contributed by atoms with Crippen LogP contribution in [0, 0.1) is 5.82 Å². The second kappa shape index (κ2) is 4.24. The molecule has 0 unspecified atom stereocenters. The fraction of sp³-hybridized carbons (Fsp3) is 0.111. The van der Waals surface area contributed by atoms with Crippen molar-refractivity contribution in [1.82, 2.24) is 9.36 Å². The summed E-state index contributed by atoms with van der Waals surface area (Å²) in [5.41, 5.74) is 0.732. The Labute approximate surface area is 98.2 Å². The first-order valence-corrected chi connectivity index (χ1v) is 5.60. The molecular formula is C9H6BrFN2OS. The Morgan fingerprint density at radius 3 is 2.87 bits per heavy atom. The molecule has 0 saturated carbocycles. The third-order valence-corrected chi connectivity index (χ3v) is 2.93. The Bertz CT molecular complexity index is 489. The molecule has 0 atom stereocenters. The van der Waals surface area contributed by atoms with Gasteiger partial charge in [0.2, 0.25) is 0 Å². The van der Waals surface area contributed by atoms with Crippen molar-refractivity contribution in [3.05, 3.63) is 27.9 Å². The number of halogens is 2. The maximum Gasteiger partial charge on any atom is 0.179 e. The van der Waals surface area contributed by atoms with Crippen LogP contribution in [0.1, 0.15) is 0 Å². The van der Waals surface area contributed by atoms with E-state index in [1.54, 1.807) is 12.1 Å². The molecule has 78 valence electrons. The van der Waals surface area contributed by atoms with E-state index in [1.165, 1.54) is 24.7 Å². The fourth-order valence-electron chi connectivity index (χ4n) is 1.12. The Hall–Kier alpha value is -1.01. The molecule has 0 fully saturated rings. The smallest absolute Gasteiger partial charge is 0.179 e. The molecule has 0 bridgehead atoms. The van der Waals surface area contributed by atoms with Gasteiger partial charge in [-0.25, -0.2) is 9.37 Å². The molecule has 2 rings (SSSR count).